The number of hydrogen-bond acceptors (Lipinski definition) is 6. The fourth-order valence-corrected chi connectivity index (χ4v) is 4.27. The molecule has 28 heavy (non-hydrogen) atoms. The molecular weight excluding hydrogens is 386 g/mol. The van der Waals surface area contributed by atoms with E-state index in [0.717, 1.165) is 4.31 Å². The van der Waals surface area contributed by atoms with E-state index < -0.39 is 16.1 Å². The number of methoxy groups -OCH3 is 1. The zero-order valence-electron chi connectivity index (χ0n) is 16.5. The molecular formula is C18H27N3O6S. The Balaban J connectivity index is 2.00. The second-order valence-electron chi connectivity index (χ2n) is 6.17. The molecule has 0 aromatic heterocycles. The van der Waals surface area contributed by atoms with Crippen LogP contribution in [-0.2, 0) is 19.6 Å². The largest absolute Gasteiger partial charge is 0.497 e. The van der Waals surface area contributed by atoms with Crippen molar-refractivity contribution in [3.8, 4) is 5.75 Å². The van der Waals surface area contributed by atoms with Crippen LogP contribution in [0.25, 0.3) is 0 Å². The topological polar surface area (TPSA) is 96.5 Å². The highest BCUT2D eigenvalue weighted by atomic mass is 32.2. The van der Waals surface area contributed by atoms with Crippen molar-refractivity contribution in [1.29, 1.82) is 0 Å². The van der Waals surface area contributed by atoms with Crippen LogP contribution < -0.4 is 4.74 Å². The first-order valence-electron chi connectivity index (χ1n) is 9.17. The molecule has 0 N–H and O–H groups in total. The van der Waals surface area contributed by atoms with Crippen LogP contribution in [0.1, 0.15) is 13.8 Å². The minimum atomic E-state index is -3.80. The van der Waals surface area contributed by atoms with Gasteiger partial charge in [0.15, 0.2) is 0 Å². The molecule has 1 fully saturated rings. The van der Waals surface area contributed by atoms with Crippen LogP contribution in [0.15, 0.2) is 29.2 Å². The molecule has 0 atom stereocenters. The number of likely N-dealkylation sites (N-methyl/N-ethyl adjacent to an activating group) is 1. The standard InChI is InChI=1S/C18H27N3O6S/c1-4-21(28(24,25)16-8-6-15(26-3)7-9-16)14-17(22)19-10-12-20(13-11-19)18(23)27-5-2/h6-9H,4-5,10-14H2,1-3H3. The zero-order chi connectivity index (χ0) is 20.7. The Kier molecular flexibility index (Phi) is 7.64. The van der Waals surface area contributed by atoms with E-state index >= 15 is 0 Å². The number of sulfonamides is 1. The second-order valence-corrected chi connectivity index (χ2v) is 8.11. The summed E-state index contributed by atoms with van der Waals surface area (Å²) in [6, 6.07) is 6.05. The van der Waals surface area contributed by atoms with E-state index in [1.165, 1.54) is 19.2 Å². The van der Waals surface area contributed by atoms with Gasteiger partial charge in [-0.1, -0.05) is 6.92 Å². The van der Waals surface area contributed by atoms with Crippen LogP contribution >= 0.6 is 0 Å². The summed E-state index contributed by atoms with van der Waals surface area (Å²) >= 11 is 0. The van der Waals surface area contributed by atoms with E-state index in [9.17, 15) is 18.0 Å². The number of rotatable bonds is 7. The number of carbonyl (C=O) groups is 2. The number of hydrogen-bond donors (Lipinski definition) is 0. The minimum Gasteiger partial charge on any atom is -0.497 e. The Bertz CT molecular complexity index is 773. The molecule has 2 amide bonds. The van der Waals surface area contributed by atoms with Gasteiger partial charge in [-0.05, 0) is 31.2 Å². The quantitative estimate of drug-likeness (QED) is 0.662. The van der Waals surface area contributed by atoms with Crippen molar-refractivity contribution in [2.24, 2.45) is 0 Å². The molecule has 1 aliphatic heterocycles. The van der Waals surface area contributed by atoms with Crippen molar-refractivity contribution < 1.29 is 27.5 Å². The van der Waals surface area contributed by atoms with Crippen molar-refractivity contribution >= 4 is 22.0 Å². The molecule has 1 aromatic carbocycles. The Hall–Kier alpha value is -2.33. The van der Waals surface area contributed by atoms with Crippen molar-refractivity contribution in [1.82, 2.24) is 14.1 Å². The first-order valence-corrected chi connectivity index (χ1v) is 10.6. The molecule has 10 heteroatoms. The summed E-state index contributed by atoms with van der Waals surface area (Å²) in [4.78, 5) is 27.6. The van der Waals surface area contributed by atoms with Crippen LogP contribution in [-0.4, -0.2) is 87.5 Å². The molecule has 1 heterocycles. The Morgan fingerprint density at radius 3 is 2.11 bits per heavy atom. The van der Waals surface area contributed by atoms with E-state index in [1.807, 2.05) is 0 Å². The molecule has 9 nitrogen and oxygen atoms in total. The van der Waals surface area contributed by atoms with E-state index in [1.54, 1.807) is 35.8 Å². The Morgan fingerprint density at radius 2 is 1.61 bits per heavy atom. The number of piperazine rings is 1. The lowest BCUT2D eigenvalue weighted by atomic mass is 10.3. The van der Waals surface area contributed by atoms with E-state index in [2.05, 4.69) is 0 Å². The summed E-state index contributed by atoms with van der Waals surface area (Å²) in [5.74, 6) is 0.264. The molecule has 0 saturated carbocycles. The fourth-order valence-electron chi connectivity index (χ4n) is 2.87. The van der Waals surface area contributed by atoms with Gasteiger partial charge in [-0.2, -0.15) is 4.31 Å². The lowest BCUT2D eigenvalue weighted by molar-refractivity contribution is -0.133. The van der Waals surface area contributed by atoms with Gasteiger partial charge in [-0.25, -0.2) is 13.2 Å². The van der Waals surface area contributed by atoms with Gasteiger partial charge in [0.25, 0.3) is 0 Å². The van der Waals surface area contributed by atoms with Crippen LogP contribution in [0.5, 0.6) is 5.75 Å². The first kappa shape index (κ1) is 22.0. The van der Waals surface area contributed by atoms with Gasteiger partial charge in [0, 0.05) is 32.7 Å². The maximum absolute atomic E-state index is 12.8. The maximum atomic E-state index is 12.8. The number of ether oxygens (including phenoxy) is 2. The van der Waals surface area contributed by atoms with Crippen molar-refractivity contribution in [3.63, 3.8) is 0 Å². The maximum Gasteiger partial charge on any atom is 0.409 e. The van der Waals surface area contributed by atoms with Crippen molar-refractivity contribution in [2.75, 3.05) is 53.0 Å². The summed E-state index contributed by atoms with van der Waals surface area (Å²) in [5.41, 5.74) is 0. The zero-order valence-corrected chi connectivity index (χ0v) is 17.3. The van der Waals surface area contributed by atoms with Gasteiger partial charge >= 0.3 is 6.09 Å². The lowest BCUT2D eigenvalue weighted by Gasteiger charge is -2.35. The number of benzene rings is 1. The van der Waals surface area contributed by atoms with Gasteiger partial charge in [-0.15, -0.1) is 0 Å². The predicted octanol–water partition coefficient (Wildman–Crippen LogP) is 1.01. The summed E-state index contributed by atoms with van der Waals surface area (Å²) in [7, 11) is -2.29. The molecule has 156 valence electrons. The van der Waals surface area contributed by atoms with Crippen molar-refractivity contribution in [2.45, 2.75) is 18.7 Å². The molecule has 1 aromatic rings. The minimum absolute atomic E-state index is 0.107. The van der Waals surface area contributed by atoms with Gasteiger partial charge < -0.3 is 19.3 Å². The van der Waals surface area contributed by atoms with E-state index in [-0.39, 0.29) is 23.9 Å². The smallest absolute Gasteiger partial charge is 0.409 e. The van der Waals surface area contributed by atoms with Gasteiger partial charge in [0.05, 0.1) is 25.2 Å². The van der Waals surface area contributed by atoms with Gasteiger partial charge in [-0.3, -0.25) is 4.79 Å². The third-order valence-corrected chi connectivity index (χ3v) is 6.45. The molecule has 1 saturated heterocycles. The predicted molar refractivity (Wildman–Crippen MR) is 103 cm³/mol. The monoisotopic (exact) mass is 413 g/mol. The first-order chi connectivity index (χ1) is 13.3. The second kappa shape index (κ2) is 9.74. The SMILES string of the molecule is CCOC(=O)N1CCN(C(=O)CN(CC)S(=O)(=O)c2ccc(OC)cc2)CC1. The summed E-state index contributed by atoms with van der Waals surface area (Å²) in [6.45, 7) is 5.06. The number of amides is 2. The Morgan fingerprint density at radius 1 is 1.04 bits per heavy atom. The van der Waals surface area contributed by atoms with Crippen LogP contribution in [0, 0.1) is 0 Å². The molecule has 0 radical (unpaired) electrons. The normalized spacial score (nSPS) is 14.9. The number of nitrogens with zero attached hydrogens (tertiary/aromatic N) is 3. The summed E-state index contributed by atoms with van der Waals surface area (Å²) < 4.78 is 36.8. The van der Waals surface area contributed by atoms with Crippen molar-refractivity contribution in [3.05, 3.63) is 24.3 Å². The molecule has 1 aliphatic rings. The highest BCUT2D eigenvalue weighted by molar-refractivity contribution is 7.89. The lowest BCUT2D eigenvalue weighted by Crippen LogP contribution is -2.53. The summed E-state index contributed by atoms with van der Waals surface area (Å²) in [5, 5.41) is 0. The molecule has 0 unspecified atom stereocenters. The van der Waals surface area contributed by atoms with Gasteiger partial charge in [0.1, 0.15) is 5.75 Å². The molecule has 0 bridgehead atoms. The summed E-state index contributed by atoms with van der Waals surface area (Å²) in [6.07, 6.45) is -0.396. The highest BCUT2D eigenvalue weighted by Crippen LogP contribution is 2.19. The average molecular weight is 413 g/mol. The van der Waals surface area contributed by atoms with E-state index in [4.69, 9.17) is 9.47 Å². The Labute approximate surface area is 165 Å². The highest BCUT2D eigenvalue weighted by Gasteiger charge is 2.30. The molecule has 2 rings (SSSR count). The third kappa shape index (κ3) is 5.14. The number of carbonyl (C=O) groups excluding carboxylic acids is 2. The van der Waals surface area contributed by atoms with Crippen LogP contribution in [0.4, 0.5) is 4.79 Å². The average Bonchev–Trinajstić information content (AvgIpc) is 2.72. The fraction of sp³-hybridized carbons (Fsp3) is 0.556. The third-order valence-electron chi connectivity index (χ3n) is 4.52. The molecule has 0 aliphatic carbocycles. The van der Waals surface area contributed by atoms with Crippen LogP contribution in [0.3, 0.4) is 0 Å². The molecule has 0 spiro atoms. The van der Waals surface area contributed by atoms with Gasteiger partial charge in [0.2, 0.25) is 15.9 Å². The van der Waals surface area contributed by atoms with E-state index in [0.29, 0.717) is 38.5 Å². The van der Waals surface area contributed by atoms with Crippen LogP contribution in [0.2, 0.25) is 0 Å².